The van der Waals surface area contributed by atoms with E-state index in [1.807, 2.05) is 6.07 Å². The highest BCUT2D eigenvalue weighted by atomic mass is 19.4. The minimum atomic E-state index is -4.30. The van der Waals surface area contributed by atoms with Crippen LogP contribution in [0.4, 0.5) is 13.2 Å². The van der Waals surface area contributed by atoms with Crippen LogP contribution < -0.4 is 5.32 Å². The molecule has 108 valence electrons. The first-order chi connectivity index (χ1) is 8.66. The zero-order chi connectivity index (χ0) is 14.5. The maximum atomic E-state index is 11.9. The summed E-state index contributed by atoms with van der Waals surface area (Å²) in [5.41, 5.74) is 1.48. The van der Waals surface area contributed by atoms with E-state index in [1.165, 1.54) is 0 Å². The summed E-state index contributed by atoms with van der Waals surface area (Å²) in [5, 5.41) is 3.30. The van der Waals surface area contributed by atoms with Crippen LogP contribution in [0.5, 0.6) is 0 Å². The standard InChI is InChI=1S/C13H19F3N2O/c1-12(2,3)18-7-10-4-5-11(17-6-10)8-19-9-13(14,15)16/h4-6,18H,7-9H2,1-3H3. The molecule has 1 aromatic rings. The molecular weight excluding hydrogens is 257 g/mol. The first kappa shape index (κ1) is 15.9. The normalized spacial score (nSPS) is 12.7. The quantitative estimate of drug-likeness (QED) is 0.897. The zero-order valence-electron chi connectivity index (χ0n) is 11.3. The van der Waals surface area contributed by atoms with E-state index in [1.54, 1.807) is 12.3 Å². The molecule has 0 aliphatic carbocycles. The van der Waals surface area contributed by atoms with Crippen LogP contribution in [0.2, 0.25) is 0 Å². The first-order valence-corrected chi connectivity index (χ1v) is 5.99. The van der Waals surface area contributed by atoms with Crippen LogP contribution in [0.1, 0.15) is 32.0 Å². The number of hydrogen-bond donors (Lipinski definition) is 1. The van der Waals surface area contributed by atoms with Gasteiger partial charge in [-0.2, -0.15) is 13.2 Å². The van der Waals surface area contributed by atoms with Crippen LogP contribution in [0, 0.1) is 0 Å². The smallest absolute Gasteiger partial charge is 0.366 e. The Bertz CT molecular complexity index is 382. The molecule has 0 saturated heterocycles. The molecule has 0 radical (unpaired) electrons. The SMILES string of the molecule is CC(C)(C)NCc1ccc(COCC(F)(F)F)nc1. The lowest BCUT2D eigenvalue weighted by Crippen LogP contribution is -2.35. The molecule has 1 heterocycles. The van der Waals surface area contributed by atoms with Gasteiger partial charge < -0.3 is 10.1 Å². The van der Waals surface area contributed by atoms with Crippen LogP contribution >= 0.6 is 0 Å². The van der Waals surface area contributed by atoms with E-state index in [0.717, 1.165) is 5.56 Å². The largest absolute Gasteiger partial charge is 0.411 e. The van der Waals surface area contributed by atoms with E-state index in [9.17, 15) is 13.2 Å². The molecule has 1 aromatic heterocycles. The van der Waals surface area contributed by atoms with Gasteiger partial charge in [-0.05, 0) is 32.4 Å². The van der Waals surface area contributed by atoms with Gasteiger partial charge in [-0.25, -0.2) is 0 Å². The highest BCUT2D eigenvalue weighted by Gasteiger charge is 2.27. The van der Waals surface area contributed by atoms with Gasteiger partial charge in [0.2, 0.25) is 0 Å². The Hall–Kier alpha value is -1.14. The van der Waals surface area contributed by atoms with Gasteiger partial charge >= 0.3 is 6.18 Å². The molecule has 0 amide bonds. The van der Waals surface area contributed by atoms with Crippen molar-refractivity contribution in [2.24, 2.45) is 0 Å². The van der Waals surface area contributed by atoms with Crippen molar-refractivity contribution >= 4 is 0 Å². The third-order valence-corrected chi connectivity index (χ3v) is 2.22. The minimum absolute atomic E-state index is 0.00842. The second kappa shape index (κ2) is 6.34. The van der Waals surface area contributed by atoms with E-state index in [4.69, 9.17) is 0 Å². The highest BCUT2D eigenvalue weighted by Crippen LogP contribution is 2.15. The van der Waals surface area contributed by atoms with Crippen molar-refractivity contribution in [1.82, 2.24) is 10.3 Å². The number of nitrogens with zero attached hydrogens (tertiary/aromatic N) is 1. The number of hydrogen-bond acceptors (Lipinski definition) is 3. The molecule has 1 N–H and O–H groups in total. The van der Waals surface area contributed by atoms with Gasteiger partial charge in [0.1, 0.15) is 6.61 Å². The Morgan fingerprint density at radius 1 is 1.21 bits per heavy atom. The Balaban J connectivity index is 2.39. The number of ether oxygens (including phenoxy) is 1. The number of rotatable bonds is 5. The van der Waals surface area contributed by atoms with Crippen molar-refractivity contribution in [3.63, 3.8) is 0 Å². The molecule has 0 aromatic carbocycles. The second-order valence-electron chi connectivity index (χ2n) is 5.37. The number of aromatic nitrogens is 1. The first-order valence-electron chi connectivity index (χ1n) is 5.99. The fourth-order valence-electron chi connectivity index (χ4n) is 1.28. The molecule has 0 unspecified atom stereocenters. The zero-order valence-corrected chi connectivity index (χ0v) is 11.3. The summed E-state index contributed by atoms with van der Waals surface area (Å²) >= 11 is 0. The molecular formula is C13H19F3N2O. The summed E-state index contributed by atoms with van der Waals surface area (Å²) < 4.78 is 40.2. The summed E-state index contributed by atoms with van der Waals surface area (Å²) in [5.74, 6) is 0. The fraction of sp³-hybridized carbons (Fsp3) is 0.615. The van der Waals surface area contributed by atoms with Crippen molar-refractivity contribution in [3.8, 4) is 0 Å². The topological polar surface area (TPSA) is 34.1 Å². The van der Waals surface area contributed by atoms with Crippen molar-refractivity contribution < 1.29 is 17.9 Å². The monoisotopic (exact) mass is 276 g/mol. The Morgan fingerprint density at radius 2 is 1.89 bits per heavy atom. The second-order valence-corrected chi connectivity index (χ2v) is 5.37. The Kier molecular flexibility index (Phi) is 5.31. The molecule has 6 heteroatoms. The van der Waals surface area contributed by atoms with Crippen molar-refractivity contribution in [2.45, 2.75) is 45.6 Å². The Labute approximate surface area is 111 Å². The molecule has 3 nitrogen and oxygen atoms in total. The van der Waals surface area contributed by atoms with Crippen molar-refractivity contribution in [1.29, 1.82) is 0 Å². The summed E-state index contributed by atoms with van der Waals surface area (Å²) in [6, 6.07) is 3.51. The highest BCUT2D eigenvalue weighted by molar-refractivity contribution is 5.13. The maximum absolute atomic E-state index is 11.9. The summed E-state index contributed by atoms with van der Waals surface area (Å²) in [4.78, 5) is 4.07. The van der Waals surface area contributed by atoms with Crippen LogP contribution in [0.25, 0.3) is 0 Å². The predicted octanol–water partition coefficient (Wildman–Crippen LogP) is 3.05. The van der Waals surface area contributed by atoms with Crippen LogP contribution in [-0.2, 0) is 17.9 Å². The van der Waals surface area contributed by atoms with E-state index >= 15 is 0 Å². The molecule has 0 spiro atoms. The third-order valence-electron chi connectivity index (χ3n) is 2.22. The van der Waals surface area contributed by atoms with Gasteiger partial charge in [0.05, 0.1) is 12.3 Å². The molecule has 0 aliphatic heterocycles. The molecule has 0 fully saturated rings. The fourth-order valence-corrected chi connectivity index (χ4v) is 1.28. The van der Waals surface area contributed by atoms with Gasteiger partial charge in [-0.15, -0.1) is 0 Å². The summed E-state index contributed by atoms with van der Waals surface area (Å²) in [6.07, 6.45) is -2.65. The van der Waals surface area contributed by atoms with E-state index in [0.29, 0.717) is 12.2 Å². The number of nitrogens with one attached hydrogen (secondary N) is 1. The molecule has 19 heavy (non-hydrogen) atoms. The molecule has 1 rings (SSSR count). The van der Waals surface area contributed by atoms with E-state index in [-0.39, 0.29) is 12.1 Å². The lowest BCUT2D eigenvalue weighted by atomic mass is 10.1. The van der Waals surface area contributed by atoms with Gasteiger partial charge in [-0.3, -0.25) is 4.98 Å². The maximum Gasteiger partial charge on any atom is 0.411 e. The van der Waals surface area contributed by atoms with Crippen molar-refractivity contribution in [2.75, 3.05) is 6.61 Å². The summed E-state index contributed by atoms with van der Waals surface area (Å²) in [7, 11) is 0. The number of halogens is 3. The average Bonchev–Trinajstić information content (AvgIpc) is 2.25. The van der Waals surface area contributed by atoms with E-state index in [2.05, 4.69) is 35.8 Å². The lowest BCUT2D eigenvalue weighted by molar-refractivity contribution is -0.176. The van der Waals surface area contributed by atoms with Gasteiger partial charge in [-0.1, -0.05) is 6.07 Å². The molecule has 0 saturated carbocycles. The minimum Gasteiger partial charge on any atom is -0.366 e. The lowest BCUT2D eigenvalue weighted by Gasteiger charge is -2.20. The predicted molar refractivity (Wildman–Crippen MR) is 66.5 cm³/mol. The van der Waals surface area contributed by atoms with Gasteiger partial charge in [0.15, 0.2) is 0 Å². The number of alkyl halides is 3. The number of pyridine rings is 1. The van der Waals surface area contributed by atoms with Crippen molar-refractivity contribution in [3.05, 3.63) is 29.6 Å². The van der Waals surface area contributed by atoms with Gasteiger partial charge in [0, 0.05) is 18.3 Å². The third kappa shape index (κ3) is 7.79. The average molecular weight is 276 g/mol. The van der Waals surface area contributed by atoms with E-state index < -0.39 is 12.8 Å². The van der Waals surface area contributed by atoms with Crippen LogP contribution in [0.3, 0.4) is 0 Å². The van der Waals surface area contributed by atoms with Crippen LogP contribution in [-0.4, -0.2) is 23.3 Å². The Morgan fingerprint density at radius 3 is 2.37 bits per heavy atom. The van der Waals surface area contributed by atoms with Gasteiger partial charge in [0.25, 0.3) is 0 Å². The molecule has 0 bridgehead atoms. The van der Waals surface area contributed by atoms with Crippen LogP contribution in [0.15, 0.2) is 18.3 Å². The molecule has 0 atom stereocenters. The molecule has 0 aliphatic rings. The summed E-state index contributed by atoms with van der Waals surface area (Å²) in [6.45, 7) is 5.45.